The Labute approximate surface area is 110 Å². The first kappa shape index (κ1) is 14.8. The summed E-state index contributed by atoms with van der Waals surface area (Å²) in [5, 5.41) is 3.33. The van der Waals surface area contributed by atoms with Crippen LogP contribution in [-0.2, 0) is 0 Å². The Bertz CT molecular complexity index is 315. The number of nitrogens with one attached hydrogen (secondary N) is 1. The van der Waals surface area contributed by atoms with Crippen LogP contribution >= 0.6 is 0 Å². The first-order valence-electron chi connectivity index (χ1n) is 6.84. The third-order valence-electron chi connectivity index (χ3n) is 2.81. The Morgan fingerprint density at radius 3 is 2.61 bits per heavy atom. The van der Waals surface area contributed by atoms with Crippen molar-refractivity contribution in [2.24, 2.45) is 0 Å². The van der Waals surface area contributed by atoms with E-state index in [1.165, 1.54) is 19.3 Å². The second-order valence-electron chi connectivity index (χ2n) is 4.30. The number of rotatable bonds is 10. The molecule has 1 aromatic carbocycles. The van der Waals surface area contributed by atoms with Crippen molar-refractivity contribution in [1.29, 1.82) is 0 Å². The summed E-state index contributed by atoms with van der Waals surface area (Å²) in [5.74, 6) is 1.74. The molecule has 18 heavy (non-hydrogen) atoms. The quantitative estimate of drug-likeness (QED) is 0.648. The van der Waals surface area contributed by atoms with Crippen molar-refractivity contribution < 1.29 is 9.47 Å². The molecule has 0 saturated carbocycles. The zero-order valence-electron chi connectivity index (χ0n) is 11.6. The molecule has 0 aliphatic carbocycles. The highest BCUT2D eigenvalue weighted by molar-refractivity contribution is 5.32. The zero-order valence-corrected chi connectivity index (χ0v) is 11.6. The molecule has 1 rings (SSSR count). The van der Waals surface area contributed by atoms with E-state index in [-0.39, 0.29) is 0 Å². The van der Waals surface area contributed by atoms with Gasteiger partial charge < -0.3 is 14.8 Å². The van der Waals surface area contributed by atoms with E-state index in [1.807, 2.05) is 24.3 Å². The predicted octanol–water partition coefficient (Wildman–Crippen LogP) is 3.24. The molecule has 0 amide bonds. The molecule has 0 aromatic heterocycles. The van der Waals surface area contributed by atoms with Crippen molar-refractivity contribution in [1.82, 2.24) is 5.32 Å². The Hall–Kier alpha value is -1.22. The largest absolute Gasteiger partial charge is 0.497 e. The van der Waals surface area contributed by atoms with E-state index in [2.05, 4.69) is 12.2 Å². The number of benzene rings is 1. The molecule has 0 aliphatic rings. The number of methoxy groups -OCH3 is 1. The maximum atomic E-state index is 5.68. The smallest absolute Gasteiger partial charge is 0.122 e. The van der Waals surface area contributed by atoms with Crippen LogP contribution in [0.2, 0.25) is 0 Å². The van der Waals surface area contributed by atoms with Gasteiger partial charge in [0.25, 0.3) is 0 Å². The van der Waals surface area contributed by atoms with Crippen LogP contribution in [0.25, 0.3) is 0 Å². The average molecular weight is 251 g/mol. The fourth-order valence-corrected chi connectivity index (χ4v) is 1.76. The first-order chi connectivity index (χ1) is 8.86. The highest BCUT2D eigenvalue weighted by Crippen LogP contribution is 2.19. The maximum Gasteiger partial charge on any atom is 0.122 e. The summed E-state index contributed by atoms with van der Waals surface area (Å²) in [6.07, 6.45) is 4.88. The second-order valence-corrected chi connectivity index (χ2v) is 4.30. The molecule has 1 aromatic rings. The predicted molar refractivity (Wildman–Crippen MR) is 75.5 cm³/mol. The molecule has 0 radical (unpaired) electrons. The van der Waals surface area contributed by atoms with Gasteiger partial charge in [0.1, 0.15) is 11.5 Å². The van der Waals surface area contributed by atoms with Gasteiger partial charge in [0, 0.05) is 6.07 Å². The Morgan fingerprint density at radius 1 is 1.06 bits per heavy atom. The molecule has 102 valence electrons. The van der Waals surface area contributed by atoms with Crippen molar-refractivity contribution in [3.8, 4) is 11.5 Å². The number of ether oxygens (including phenoxy) is 2. The first-order valence-corrected chi connectivity index (χ1v) is 6.84. The fraction of sp³-hybridized carbons (Fsp3) is 0.600. The molecule has 1 N–H and O–H groups in total. The van der Waals surface area contributed by atoms with Crippen molar-refractivity contribution in [2.75, 3.05) is 26.8 Å². The molecule has 0 heterocycles. The van der Waals surface area contributed by atoms with Crippen LogP contribution in [0, 0.1) is 0 Å². The minimum atomic E-state index is 0.786. The Kier molecular flexibility index (Phi) is 8.06. The summed E-state index contributed by atoms with van der Waals surface area (Å²) in [6, 6.07) is 7.76. The molecule has 0 bridgehead atoms. The Balaban J connectivity index is 2.03. The summed E-state index contributed by atoms with van der Waals surface area (Å²) >= 11 is 0. The van der Waals surface area contributed by atoms with Crippen LogP contribution < -0.4 is 14.8 Å². The molecule has 3 heteroatoms. The van der Waals surface area contributed by atoms with Gasteiger partial charge in [-0.3, -0.25) is 0 Å². The summed E-state index contributed by atoms with van der Waals surface area (Å²) < 4.78 is 10.8. The molecule has 0 atom stereocenters. The highest BCUT2D eigenvalue weighted by atomic mass is 16.5. The van der Waals surface area contributed by atoms with Crippen LogP contribution in [0.4, 0.5) is 0 Å². The average Bonchev–Trinajstić information content (AvgIpc) is 2.42. The van der Waals surface area contributed by atoms with Gasteiger partial charge in [-0.15, -0.1) is 0 Å². The Morgan fingerprint density at radius 2 is 1.83 bits per heavy atom. The molecule has 0 fully saturated rings. The van der Waals surface area contributed by atoms with E-state index < -0.39 is 0 Å². The minimum Gasteiger partial charge on any atom is -0.497 e. The lowest BCUT2D eigenvalue weighted by Crippen LogP contribution is -2.13. The van der Waals surface area contributed by atoms with Gasteiger partial charge in [-0.1, -0.05) is 25.8 Å². The molecule has 0 spiro atoms. The third kappa shape index (κ3) is 6.50. The molecule has 0 unspecified atom stereocenters. The fourth-order valence-electron chi connectivity index (χ4n) is 1.76. The van der Waals surface area contributed by atoms with Gasteiger partial charge in [-0.2, -0.15) is 0 Å². The third-order valence-corrected chi connectivity index (χ3v) is 2.81. The standard InChI is InChI=1S/C15H25NO2/c1-3-16-11-6-4-5-7-12-18-15-10-8-9-14(13-15)17-2/h8-10,13,16H,3-7,11-12H2,1-2H3. The molecular weight excluding hydrogens is 226 g/mol. The summed E-state index contributed by atoms with van der Waals surface area (Å²) in [7, 11) is 1.67. The van der Waals surface area contributed by atoms with Crippen LogP contribution in [0.3, 0.4) is 0 Å². The molecule has 3 nitrogen and oxygen atoms in total. The van der Waals surface area contributed by atoms with Crippen LogP contribution in [0.15, 0.2) is 24.3 Å². The van der Waals surface area contributed by atoms with E-state index in [1.54, 1.807) is 7.11 Å². The zero-order chi connectivity index (χ0) is 13.1. The van der Waals surface area contributed by atoms with Crippen molar-refractivity contribution in [3.05, 3.63) is 24.3 Å². The molecular formula is C15H25NO2. The van der Waals surface area contributed by atoms with Crippen molar-refractivity contribution in [3.63, 3.8) is 0 Å². The van der Waals surface area contributed by atoms with E-state index in [0.29, 0.717) is 0 Å². The van der Waals surface area contributed by atoms with Gasteiger partial charge in [-0.25, -0.2) is 0 Å². The SMILES string of the molecule is CCNCCCCCCOc1cccc(OC)c1. The number of hydrogen-bond donors (Lipinski definition) is 1. The monoisotopic (exact) mass is 251 g/mol. The molecule has 0 aliphatic heterocycles. The van der Waals surface area contributed by atoms with E-state index >= 15 is 0 Å². The van der Waals surface area contributed by atoms with Gasteiger partial charge >= 0.3 is 0 Å². The van der Waals surface area contributed by atoms with Crippen molar-refractivity contribution >= 4 is 0 Å². The normalized spacial score (nSPS) is 10.3. The highest BCUT2D eigenvalue weighted by Gasteiger charge is 1.96. The van der Waals surface area contributed by atoms with E-state index in [4.69, 9.17) is 9.47 Å². The lowest BCUT2D eigenvalue weighted by molar-refractivity contribution is 0.302. The van der Waals surface area contributed by atoms with Crippen LogP contribution in [-0.4, -0.2) is 26.8 Å². The number of hydrogen-bond acceptors (Lipinski definition) is 3. The molecule has 0 saturated heterocycles. The van der Waals surface area contributed by atoms with Crippen molar-refractivity contribution in [2.45, 2.75) is 32.6 Å². The summed E-state index contributed by atoms with van der Waals surface area (Å²) in [4.78, 5) is 0. The van der Waals surface area contributed by atoms with Gasteiger partial charge in [0.2, 0.25) is 0 Å². The summed E-state index contributed by atoms with van der Waals surface area (Å²) in [5.41, 5.74) is 0. The second kappa shape index (κ2) is 9.77. The van der Waals surface area contributed by atoms with Gasteiger partial charge in [-0.05, 0) is 38.1 Å². The van der Waals surface area contributed by atoms with Crippen LogP contribution in [0.1, 0.15) is 32.6 Å². The minimum absolute atomic E-state index is 0.786. The topological polar surface area (TPSA) is 30.5 Å². The summed E-state index contributed by atoms with van der Waals surface area (Å²) in [6.45, 7) is 5.13. The maximum absolute atomic E-state index is 5.68. The van der Waals surface area contributed by atoms with Gasteiger partial charge in [0.05, 0.1) is 13.7 Å². The van der Waals surface area contributed by atoms with Gasteiger partial charge in [0.15, 0.2) is 0 Å². The lowest BCUT2D eigenvalue weighted by atomic mass is 10.2. The van der Waals surface area contributed by atoms with E-state index in [0.717, 1.165) is 37.6 Å². The lowest BCUT2D eigenvalue weighted by Gasteiger charge is -2.07. The van der Waals surface area contributed by atoms with Crippen LogP contribution in [0.5, 0.6) is 11.5 Å². The van der Waals surface area contributed by atoms with E-state index in [9.17, 15) is 0 Å². The number of unbranched alkanes of at least 4 members (excludes halogenated alkanes) is 3.